The zero-order chi connectivity index (χ0) is 17.0. The van der Waals surface area contributed by atoms with Crippen LogP contribution >= 0.6 is 0 Å². The molecule has 0 saturated heterocycles. The first-order chi connectivity index (χ1) is 10.9. The third kappa shape index (κ3) is 4.15. The number of amides is 1. The van der Waals surface area contributed by atoms with E-state index in [9.17, 15) is 14.7 Å². The van der Waals surface area contributed by atoms with Crippen LogP contribution in [0.25, 0.3) is 0 Å². The number of carboxylic acids is 1. The number of hydrogen-bond acceptors (Lipinski definition) is 4. The molecule has 23 heavy (non-hydrogen) atoms. The van der Waals surface area contributed by atoms with Crippen molar-refractivity contribution in [3.05, 3.63) is 23.8 Å². The molecule has 2 rings (SSSR count). The molecule has 2 N–H and O–H groups in total. The van der Waals surface area contributed by atoms with Crippen molar-refractivity contribution in [2.24, 2.45) is 5.92 Å². The summed E-state index contributed by atoms with van der Waals surface area (Å²) in [6.45, 7) is 3.82. The molecule has 0 aliphatic heterocycles. The third-order valence-electron chi connectivity index (χ3n) is 3.94. The van der Waals surface area contributed by atoms with Crippen LogP contribution in [0.5, 0.6) is 11.5 Å². The van der Waals surface area contributed by atoms with Crippen LogP contribution in [0.1, 0.15) is 43.5 Å². The summed E-state index contributed by atoms with van der Waals surface area (Å²) < 4.78 is 10.9. The van der Waals surface area contributed by atoms with Crippen molar-refractivity contribution in [1.82, 2.24) is 5.32 Å². The van der Waals surface area contributed by atoms with Gasteiger partial charge in [0.1, 0.15) is 0 Å². The van der Waals surface area contributed by atoms with E-state index in [-0.39, 0.29) is 18.1 Å². The van der Waals surface area contributed by atoms with Crippen LogP contribution in [0.2, 0.25) is 0 Å². The second-order valence-corrected chi connectivity index (χ2v) is 5.99. The van der Waals surface area contributed by atoms with E-state index in [0.29, 0.717) is 29.9 Å². The summed E-state index contributed by atoms with van der Waals surface area (Å²) in [5.74, 6) is -0.608. The van der Waals surface area contributed by atoms with Crippen molar-refractivity contribution in [2.45, 2.75) is 45.3 Å². The molecule has 1 aliphatic rings. The Morgan fingerprint density at radius 2 is 2.00 bits per heavy atom. The fourth-order valence-corrected chi connectivity index (χ4v) is 2.84. The molecule has 0 aromatic heterocycles. The average Bonchev–Trinajstić information content (AvgIpc) is 2.95. The summed E-state index contributed by atoms with van der Waals surface area (Å²) in [6, 6.07) is 4.63. The molecule has 0 heterocycles. The van der Waals surface area contributed by atoms with Crippen molar-refractivity contribution < 1.29 is 24.2 Å². The van der Waals surface area contributed by atoms with Gasteiger partial charge in [0.2, 0.25) is 0 Å². The summed E-state index contributed by atoms with van der Waals surface area (Å²) in [5.41, 5.74) is 0.425. The molecule has 2 atom stereocenters. The number of benzene rings is 1. The van der Waals surface area contributed by atoms with Crippen LogP contribution in [0.3, 0.4) is 0 Å². The minimum Gasteiger partial charge on any atom is -0.493 e. The largest absolute Gasteiger partial charge is 0.493 e. The highest BCUT2D eigenvalue weighted by atomic mass is 16.5. The Morgan fingerprint density at radius 3 is 2.61 bits per heavy atom. The molecule has 1 aliphatic carbocycles. The first kappa shape index (κ1) is 17.1. The van der Waals surface area contributed by atoms with Crippen molar-refractivity contribution in [3.63, 3.8) is 0 Å². The van der Waals surface area contributed by atoms with Crippen molar-refractivity contribution in [2.75, 3.05) is 7.11 Å². The van der Waals surface area contributed by atoms with E-state index in [0.717, 1.165) is 6.42 Å². The van der Waals surface area contributed by atoms with Crippen LogP contribution in [-0.4, -0.2) is 36.2 Å². The first-order valence-corrected chi connectivity index (χ1v) is 7.80. The molecule has 1 fully saturated rings. The lowest BCUT2D eigenvalue weighted by molar-refractivity contribution is -0.142. The number of nitrogens with one attached hydrogen (secondary N) is 1. The van der Waals surface area contributed by atoms with Gasteiger partial charge in [-0.2, -0.15) is 0 Å². The van der Waals surface area contributed by atoms with Crippen molar-refractivity contribution in [3.8, 4) is 11.5 Å². The van der Waals surface area contributed by atoms with Gasteiger partial charge >= 0.3 is 5.97 Å². The van der Waals surface area contributed by atoms with E-state index >= 15 is 0 Å². The van der Waals surface area contributed by atoms with Gasteiger partial charge in [-0.25, -0.2) is 0 Å². The quantitative estimate of drug-likeness (QED) is 0.841. The zero-order valence-electron chi connectivity index (χ0n) is 13.7. The SMILES string of the molecule is COc1cc(C(=O)N[C@@H]2CCC[C@@H]2C(=O)O)ccc1OC(C)C. The topological polar surface area (TPSA) is 84.9 Å². The van der Waals surface area contributed by atoms with Crippen LogP contribution in [-0.2, 0) is 4.79 Å². The number of ether oxygens (including phenoxy) is 2. The molecular weight excluding hydrogens is 298 g/mol. The van der Waals surface area contributed by atoms with Crippen LogP contribution in [0, 0.1) is 5.92 Å². The lowest BCUT2D eigenvalue weighted by Crippen LogP contribution is -2.40. The molecule has 1 aromatic rings. The monoisotopic (exact) mass is 321 g/mol. The maximum absolute atomic E-state index is 12.4. The van der Waals surface area contributed by atoms with Crippen molar-refractivity contribution in [1.29, 1.82) is 0 Å². The Bertz CT molecular complexity index is 584. The summed E-state index contributed by atoms with van der Waals surface area (Å²) >= 11 is 0. The van der Waals surface area contributed by atoms with Gasteiger partial charge in [0, 0.05) is 11.6 Å². The highest BCUT2D eigenvalue weighted by Gasteiger charge is 2.34. The standard InChI is InChI=1S/C17H23NO5/c1-10(2)23-14-8-7-11(9-15(14)22-3)16(19)18-13-6-4-5-12(13)17(20)21/h7-10,12-13H,4-6H2,1-3H3,(H,18,19)(H,20,21)/t12-,13+/m0/s1. The second-order valence-electron chi connectivity index (χ2n) is 5.99. The van der Waals surface area contributed by atoms with E-state index in [1.54, 1.807) is 18.2 Å². The van der Waals surface area contributed by atoms with E-state index in [4.69, 9.17) is 9.47 Å². The fraction of sp³-hybridized carbons (Fsp3) is 0.529. The van der Waals surface area contributed by atoms with Gasteiger partial charge in [-0.15, -0.1) is 0 Å². The summed E-state index contributed by atoms with van der Waals surface area (Å²) in [4.78, 5) is 23.6. The first-order valence-electron chi connectivity index (χ1n) is 7.80. The third-order valence-corrected chi connectivity index (χ3v) is 3.94. The molecule has 1 saturated carbocycles. The molecule has 6 heteroatoms. The molecule has 0 unspecified atom stereocenters. The summed E-state index contributed by atoms with van der Waals surface area (Å²) in [6.07, 6.45) is 2.10. The van der Waals surface area contributed by atoms with Gasteiger partial charge in [-0.1, -0.05) is 6.42 Å². The number of carbonyl (C=O) groups is 2. The normalized spacial score (nSPS) is 20.3. The molecule has 0 radical (unpaired) electrons. The van der Waals surface area contributed by atoms with Crippen LogP contribution in [0.4, 0.5) is 0 Å². The van der Waals surface area contributed by atoms with Gasteiger partial charge in [-0.3, -0.25) is 9.59 Å². The minimum absolute atomic E-state index is 0.00149. The van der Waals surface area contributed by atoms with Gasteiger partial charge in [0.25, 0.3) is 5.91 Å². The predicted octanol–water partition coefficient (Wildman–Crippen LogP) is 2.47. The summed E-state index contributed by atoms with van der Waals surface area (Å²) in [7, 11) is 1.52. The lowest BCUT2D eigenvalue weighted by atomic mass is 10.0. The van der Waals surface area contributed by atoms with Crippen LogP contribution < -0.4 is 14.8 Å². The Balaban J connectivity index is 2.11. The van der Waals surface area contributed by atoms with E-state index < -0.39 is 11.9 Å². The maximum atomic E-state index is 12.4. The molecule has 0 spiro atoms. The van der Waals surface area contributed by atoms with E-state index in [2.05, 4.69) is 5.32 Å². The Morgan fingerprint density at radius 1 is 1.26 bits per heavy atom. The number of aliphatic carboxylic acids is 1. The number of carbonyl (C=O) groups excluding carboxylic acids is 1. The van der Waals surface area contributed by atoms with E-state index in [1.165, 1.54) is 7.11 Å². The number of rotatable bonds is 6. The van der Waals surface area contributed by atoms with Gasteiger partial charge < -0.3 is 19.9 Å². The average molecular weight is 321 g/mol. The van der Waals surface area contributed by atoms with E-state index in [1.807, 2.05) is 13.8 Å². The fourth-order valence-electron chi connectivity index (χ4n) is 2.84. The zero-order valence-corrected chi connectivity index (χ0v) is 13.7. The van der Waals surface area contributed by atoms with Gasteiger partial charge in [0.15, 0.2) is 11.5 Å². The van der Waals surface area contributed by atoms with Gasteiger partial charge in [-0.05, 0) is 44.9 Å². The predicted molar refractivity (Wildman–Crippen MR) is 85.0 cm³/mol. The Hall–Kier alpha value is -2.24. The van der Waals surface area contributed by atoms with Gasteiger partial charge in [0.05, 0.1) is 19.1 Å². The minimum atomic E-state index is -0.855. The number of carboxylic acid groups (broad SMARTS) is 1. The highest BCUT2D eigenvalue weighted by Crippen LogP contribution is 2.30. The smallest absolute Gasteiger partial charge is 0.308 e. The van der Waals surface area contributed by atoms with Crippen molar-refractivity contribution >= 4 is 11.9 Å². The second kappa shape index (κ2) is 7.35. The number of hydrogen-bond donors (Lipinski definition) is 2. The molecular formula is C17H23NO5. The lowest BCUT2D eigenvalue weighted by Gasteiger charge is -2.18. The summed E-state index contributed by atoms with van der Waals surface area (Å²) in [5, 5.41) is 12.0. The number of methoxy groups -OCH3 is 1. The molecule has 6 nitrogen and oxygen atoms in total. The Kier molecular flexibility index (Phi) is 5.47. The molecule has 1 aromatic carbocycles. The Labute approximate surface area is 135 Å². The molecule has 0 bridgehead atoms. The highest BCUT2D eigenvalue weighted by molar-refractivity contribution is 5.95. The molecule has 126 valence electrons. The maximum Gasteiger partial charge on any atom is 0.308 e. The molecule has 1 amide bonds. The van der Waals surface area contributed by atoms with Crippen LogP contribution in [0.15, 0.2) is 18.2 Å².